The van der Waals surface area contributed by atoms with Gasteiger partial charge in [0.1, 0.15) is 11.5 Å². The Morgan fingerprint density at radius 2 is 1.78 bits per heavy atom. The Morgan fingerprint density at radius 3 is 2.35 bits per heavy atom. The highest BCUT2D eigenvalue weighted by molar-refractivity contribution is 7.89. The van der Waals surface area contributed by atoms with Gasteiger partial charge in [0.15, 0.2) is 9.84 Å². The molecule has 0 atom stereocenters. The summed E-state index contributed by atoms with van der Waals surface area (Å²) >= 11 is 0. The number of aryl methyl sites for hydroxylation is 1. The molecule has 23 heavy (non-hydrogen) atoms. The van der Waals surface area contributed by atoms with E-state index in [1.165, 1.54) is 12.3 Å². The van der Waals surface area contributed by atoms with E-state index in [1.807, 2.05) is 13.0 Å². The Morgan fingerprint density at radius 1 is 1.13 bits per heavy atom. The van der Waals surface area contributed by atoms with E-state index in [9.17, 15) is 13.2 Å². The quantitative estimate of drug-likeness (QED) is 0.824. The molecule has 1 N–H and O–H groups in total. The Hall–Kier alpha value is -2.34. The minimum atomic E-state index is -3.04. The van der Waals surface area contributed by atoms with Crippen LogP contribution in [0.5, 0.6) is 0 Å². The molecule has 6 heteroatoms. The Bertz CT molecular complexity index is 801. The van der Waals surface area contributed by atoms with Crippen LogP contribution >= 0.6 is 0 Å². The zero-order valence-electron chi connectivity index (χ0n) is 13.1. The first kappa shape index (κ1) is 17.0. The standard InChI is InChI=1S/C17H19NO4S/c1-13-3-8-16(22-13)9-10-17(19)18-11-14-4-6-15(7-5-14)12-23(2,20)21/h3-10H,11-12H2,1-2H3,(H,18,19)/b10-9-. The van der Waals surface area contributed by atoms with Gasteiger partial charge in [-0.1, -0.05) is 24.3 Å². The molecule has 5 nitrogen and oxygen atoms in total. The third-order valence-electron chi connectivity index (χ3n) is 3.08. The number of carbonyl (C=O) groups excluding carboxylic acids is 1. The predicted octanol–water partition coefficient (Wildman–Crippen LogP) is 2.46. The maximum atomic E-state index is 11.7. The van der Waals surface area contributed by atoms with E-state index in [2.05, 4.69) is 5.32 Å². The molecule has 0 bridgehead atoms. The number of rotatable bonds is 6. The molecule has 2 aromatic rings. The van der Waals surface area contributed by atoms with Gasteiger partial charge in [0, 0.05) is 18.9 Å². The molecule has 0 aliphatic carbocycles. The van der Waals surface area contributed by atoms with E-state index in [0.29, 0.717) is 12.3 Å². The monoisotopic (exact) mass is 333 g/mol. The Balaban J connectivity index is 1.85. The molecule has 0 radical (unpaired) electrons. The number of hydrogen-bond donors (Lipinski definition) is 1. The summed E-state index contributed by atoms with van der Waals surface area (Å²) in [5.74, 6) is 1.21. The van der Waals surface area contributed by atoms with E-state index < -0.39 is 9.84 Å². The summed E-state index contributed by atoms with van der Waals surface area (Å²) in [5.41, 5.74) is 1.63. The lowest BCUT2D eigenvalue weighted by atomic mass is 10.1. The fourth-order valence-electron chi connectivity index (χ4n) is 2.01. The number of sulfone groups is 1. The smallest absolute Gasteiger partial charge is 0.244 e. The van der Waals surface area contributed by atoms with Crippen molar-refractivity contribution in [2.45, 2.75) is 19.2 Å². The minimum absolute atomic E-state index is 0.0188. The summed E-state index contributed by atoms with van der Waals surface area (Å²) in [4.78, 5) is 11.7. The largest absolute Gasteiger partial charge is 0.462 e. The van der Waals surface area contributed by atoms with Crippen molar-refractivity contribution in [3.05, 3.63) is 65.1 Å². The van der Waals surface area contributed by atoms with Crippen LogP contribution in [0.3, 0.4) is 0 Å². The fraction of sp³-hybridized carbons (Fsp3) is 0.235. The number of amides is 1. The maximum absolute atomic E-state index is 11.7. The van der Waals surface area contributed by atoms with Crippen molar-refractivity contribution in [2.75, 3.05) is 6.26 Å². The van der Waals surface area contributed by atoms with E-state index in [4.69, 9.17) is 4.42 Å². The molecule has 122 valence electrons. The highest BCUT2D eigenvalue weighted by atomic mass is 32.2. The molecular weight excluding hydrogens is 314 g/mol. The molecular formula is C17H19NO4S. The lowest BCUT2D eigenvalue weighted by Crippen LogP contribution is -2.20. The molecule has 0 spiro atoms. The first-order valence-corrected chi connectivity index (χ1v) is 9.16. The molecule has 0 fully saturated rings. The summed E-state index contributed by atoms with van der Waals surface area (Å²) in [7, 11) is -3.04. The normalized spacial score (nSPS) is 11.7. The number of furan rings is 1. The summed E-state index contributed by atoms with van der Waals surface area (Å²) < 4.78 is 27.8. The van der Waals surface area contributed by atoms with Crippen LogP contribution in [0.15, 0.2) is 46.9 Å². The molecule has 2 rings (SSSR count). The molecule has 1 aromatic carbocycles. The second-order valence-corrected chi connectivity index (χ2v) is 7.53. The molecule has 1 amide bonds. The van der Waals surface area contributed by atoms with Crippen molar-refractivity contribution in [1.29, 1.82) is 0 Å². The van der Waals surface area contributed by atoms with E-state index in [0.717, 1.165) is 16.9 Å². The minimum Gasteiger partial charge on any atom is -0.462 e. The zero-order chi connectivity index (χ0) is 16.9. The SMILES string of the molecule is Cc1ccc(/C=C\C(=O)NCc2ccc(CS(C)(=O)=O)cc2)o1. The van der Waals surface area contributed by atoms with Gasteiger partial charge in [-0.15, -0.1) is 0 Å². The number of hydrogen-bond acceptors (Lipinski definition) is 4. The van der Waals surface area contributed by atoms with Crippen LogP contribution < -0.4 is 5.32 Å². The van der Waals surface area contributed by atoms with Gasteiger partial charge in [0.25, 0.3) is 0 Å². The highest BCUT2D eigenvalue weighted by Crippen LogP contribution is 2.09. The molecule has 0 aliphatic rings. The van der Waals surface area contributed by atoms with Crippen LogP contribution in [-0.2, 0) is 26.9 Å². The number of nitrogens with one attached hydrogen (secondary N) is 1. The second kappa shape index (κ2) is 7.28. The average molecular weight is 333 g/mol. The topological polar surface area (TPSA) is 76.4 Å². The first-order valence-electron chi connectivity index (χ1n) is 7.10. The van der Waals surface area contributed by atoms with Gasteiger partial charge < -0.3 is 9.73 Å². The van der Waals surface area contributed by atoms with Gasteiger partial charge in [0.2, 0.25) is 5.91 Å². The molecule has 1 heterocycles. The van der Waals surface area contributed by atoms with Crippen molar-refractivity contribution >= 4 is 21.8 Å². The number of carbonyl (C=O) groups is 1. The Kier molecular flexibility index (Phi) is 5.39. The van der Waals surface area contributed by atoms with Gasteiger partial charge in [0.05, 0.1) is 5.75 Å². The summed E-state index contributed by atoms with van der Waals surface area (Å²) in [6.45, 7) is 2.21. The van der Waals surface area contributed by atoms with Crippen LogP contribution in [0, 0.1) is 6.92 Å². The van der Waals surface area contributed by atoms with Crippen LogP contribution in [-0.4, -0.2) is 20.6 Å². The predicted molar refractivity (Wildman–Crippen MR) is 89.3 cm³/mol. The third kappa shape index (κ3) is 6.12. The first-order chi connectivity index (χ1) is 10.8. The number of benzene rings is 1. The van der Waals surface area contributed by atoms with Crippen molar-refractivity contribution in [1.82, 2.24) is 5.32 Å². The van der Waals surface area contributed by atoms with Crippen LogP contribution in [0.25, 0.3) is 6.08 Å². The van der Waals surface area contributed by atoms with E-state index >= 15 is 0 Å². The van der Waals surface area contributed by atoms with Gasteiger partial charge in [-0.3, -0.25) is 4.79 Å². The van der Waals surface area contributed by atoms with Gasteiger partial charge in [-0.25, -0.2) is 8.42 Å². The van der Waals surface area contributed by atoms with E-state index in [-0.39, 0.29) is 11.7 Å². The van der Waals surface area contributed by atoms with Crippen molar-refractivity contribution < 1.29 is 17.6 Å². The molecule has 0 aliphatic heterocycles. The fourth-order valence-corrected chi connectivity index (χ4v) is 2.80. The zero-order valence-corrected chi connectivity index (χ0v) is 13.9. The van der Waals surface area contributed by atoms with Gasteiger partial charge in [-0.05, 0) is 36.3 Å². The van der Waals surface area contributed by atoms with Crippen LogP contribution in [0.4, 0.5) is 0 Å². The van der Waals surface area contributed by atoms with Crippen molar-refractivity contribution in [3.8, 4) is 0 Å². The van der Waals surface area contributed by atoms with Crippen LogP contribution in [0.2, 0.25) is 0 Å². The summed E-state index contributed by atoms with van der Waals surface area (Å²) in [6, 6.07) is 10.7. The molecule has 0 saturated heterocycles. The van der Waals surface area contributed by atoms with Gasteiger partial charge >= 0.3 is 0 Å². The maximum Gasteiger partial charge on any atom is 0.244 e. The Labute approximate surface area is 135 Å². The van der Waals surface area contributed by atoms with Crippen molar-refractivity contribution in [3.63, 3.8) is 0 Å². The van der Waals surface area contributed by atoms with E-state index in [1.54, 1.807) is 36.4 Å². The molecule has 1 aromatic heterocycles. The van der Waals surface area contributed by atoms with Crippen molar-refractivity contribution in [2.24, 2.45) is 0 Å². The van der Waals surface area contributed by atoms with Gasteiger partial charge in [-0.2, -0.15) is 0 Å². The third-order valence-corrected chi connectivity index (χ3v) is 3.94. The molecule has 0 saturated carbocycles. The average Bonchev–Trinajstić information content (AvgIpc) is 2.88. The second-order valence-electron chi connectivity index (χ2n) is 5.39. The highest BCUT2D eigenvalue weighted by Gasteiger charge is 2.04. The lowest BCUT2D eigenvalue weighted by Gasteiger charge is -2.04. The summed E-state index contributed by atoms with van der Waals surface area (Å²) in [6.07, 6.45) is 4.22. The summed E-state index contributed by atoms with van der Waals surface area (Å²) in [5, 5.41) is 2.76. The van der Waals surface area contributed by atoms with Crippen LogP contribution in [0.1, 0.15) is 22.6 Å². The molecule has 0 unspecified atom stereocenters. The lowest BCUT2D eigenvalue weighted by molar-refractivity contribution is -0.116.